The van der Waals surface area contributed by atoms with E-state index in [1.165, 1.54) is 4.88 Å². The van der Waals surface area contributed by atoms with Gasteiger partial charge in [-0.2, -0.15) is 0 Å². The molecule has 3 aromatic rings. The highest BCUT2D eigenvalue weighted by Gasteiger charge is 2.13. The van der Waals surface area contributed by atoms with E-state index in [2.05, 4.69) is 28.3 Å². The Morgan fingerprint density at radius 3 is 2.67 bits per heavy atom. The molecule has 0 bridgehead atoms. The number of thiophene rings is 1. The molecule has 21 heavy (non-hydrogen) atoms. The number of aromatic nitrogens is 2. The lowest BCUT2D eigenvalue weighted by atomic mass is 10.2. The van der Waals surface area contributed by atoms with Gasteiger partial charge in [0.15, 0.2) is 5.82 Å². The van der Waals surface area contributed by atoms with Crippen LogP contribution in [-0.2, 0) is 6.42 Å². The third-order valence-corrected chi connectivity index (χ3v) is 4.92. The molecule has 0 amide bonds. The molecule has 0 fully saturated rings. The van der Waals surface area contributed by atoms with Crippen LogP contribution in [0.3, 0.4) is 0 Å². The van der Waals surface area contributed by atoms with E-state index in [0.717, 1.165) is 22.5 Å². The summed E-state index contributed by atoms with van der Waals surface area (Å²) in [6.45, 7) is 2.13. The number of aryl methyl sites for hydroxylation is 1. The van der Waals surface area contributed by atoms with Gasteiger partial charge < -0.3 is 5.32 Å². The van der Waals surface area contributed by atoms with Crippen molar-refractivity contribution < 1.29 is 0 Å². The van der Waals surface area contributed by atoms with Crippen LogP contribution in [0.5, 0.6) is 0 Å². The van der Waals surface area contributed by atoms with Gasteiger partial charge in [-0.25, -0.2) is 9.97 Å². The summed E-state index contributed by atoms with van der Waals surface area (Å²) in [5.41, 5.74) is 0.710. The summed E-state index contributed by atoms with van der Waals surface area (Å²) in [4.78, 5) is 11.5. The van der Waals surface area contributed by atoms with Gasteiger partial charge >= 0.3 is 0 Å². The highest BCUT2D eigenvalue weighted by molar-refractivity contribution is 7.15. The monoisotopic (exact) mass is 337 g/mol. The van der Waals surface area contributed by atoms with E-state index in [1.807, 2.05) is 19.2 Å². The van der Waals surface area contributed by atoms with Gasteiger partial charge in [0.1, 0.15) is 5.82 Å². The molecule has 0 spiro atoms. The van der Waals surface area contributed by atoms with Gasteiger partial charge in [0, 0.05) is 22.3 Å². The molecular weight excluding hydrogens is 325 g/mol. The molecule has 0 saturated heterocycles. The maximum Gasteiger partial charge on any atom is 0.172 e. The molecule has 0 unspecified atom stereocenters. The summed E-state index contributed by atoms with van der Waals surface area (Å²) < 4.78 is 0. The second-order valence-corrected chi connectivity index (χ2v) is 6.56. The van der Waals surface area contributed by atoms with Crippen molar-refractivity contribution in [2.45, 2.75) is 13.3 Å². The summed E-state index contributed by atoms with van der Waals surface area (Å²) in [5.74, 6) is 1.41. The Balaban J connectivity index is 2.25. The first-order valence-electron chi connectivity index (χ1n) is 6.56. The van der Waals surface area contributed by atoms with Crippen LogP contribution < -0.4 is 5.32 Å². The molecular formula is C15H13Cl2N3S. The molecule has 2 heterocycles. The third kappa shape index (κ3) is 2.71. The minimum atomic E-state index is 0.532. The first-order valence-corrected chi connectivity index (χ1v) is 8.13. The Morgan fingerprint density at radius 1 is 1.19 bits per heavy atom. The van der Waals surface area contributed by atoms with Crippen molar-refractivity contribution in [3.63, 3.8) is 0 Å². The van der Waals surface area contributed by atoms with Crippen molar-refractivity contribution in [1.29, 1.82) is 0 Å². The van der Waals surface area contributed by atoms with Gasteiger partial charge in [-0.15, -0.1) is 11.3 Å². The average Bonchev–Trinajstić information content (AvgIpc) is 2.95. The van der Waals surface area contributed by atoms with Crippen molar-refractivity contribution >= 4 is 51.3 Å². The number of benzene rings is 1. The van der Waals surface area contributed by atoms with Crippen LogP contribution in [0.15, 0.2) is 24.3 Å². The molecule has 3 nitrogen and oxygen atoms in total. The van der Waals surface area contributed by atoms with Crippen molar-refractivity contribution in [3.05, 3.63) is 39.2 Å². The predicted octanol–water partition coefficient (Wildman–Crippen LogP) is 5.27. The van der Waals surface area contributed by atoms with Crippen LogP contribution in [0.2, 0.25) is 10.0 Å². The number of anilines is 1. The summed E-state index contributed by atoms with van der Waals surface area (Å²) in [6.07, 6.45) is 1.01. The maximum atomic E-state index is 6.28. The standard InChI is InChI=1S/C15H13Cl2N3S/c1-3-9-4-5-12(21-9)15-19-13-10(14(18-2)20-15)6-8(16)7-11(13)17/h4-7H,3H2,1-2H3,(H,18,19,20). The number of hydrogen-bond donors (Lipinski definition) is 1. The van der Waals surface area contributed by atoms with Crippen molar-refractivity contribution in [1.82, 2.24) is 9.97 Å². The topological polar surface area (TPSA) is 37.8 Å². The van der Waals surface area contributed by atoms with E-state index in [0.29, 0.717) is 21.4 Å². The van der Waals surface area contributed by atoms with Gasteiger partial charge in [-0.3, -0.25) is 0 Å². The van der Waals surface area contributed by atoms with Gasteiger partial charge in [-0.1, -0.05) is 30.1 Å². The summed E-state index contributed by atoms with van der Waals surface area (Å²) in [5, 5.41) is 5.02. The predicted molar refractivity (Wildman–Crippen MR) is 91.8 cm³/mol. The molecule has 3 rings (SSSR count). The minimum absolute atomic E-state index is 0.532. The molecule has 1 aromatic carbocycles. The molecule has 6 heteroatoms. The Hall–Kier alpha value is -1.36. The smallest absolute Gasteiger partial charge is 0.172 e. The van der Waals surface area contributed by atoms with Gasteiger partial charge in [0.25, 0.3) is 0 Å². The number of hydrogen-bond acceptors (Lipinski definition) is 4. The molecule has 1 N–H and O–H groups in total. The van der Waals surface area contributed by atoms with Crippen molar-refractivity contribution in [3.8, 4) is 10.7 Å². The number of rotatable bonds is 3. The Kier molecular flexibility index (Phi) is 4.02. The van der Waals surface area contributed by atoms with E-state index < -0.39 is 0 Å². The van der Waals surface area contributed by atoms with E-state index in [9.17, 15) is 0 Å². The second-order valence-electron chi connectivity index (χ2n) is 4.55. The molecule has 0 aliphatic heterocycles. The maximum absolute atomic E-state index is 6.28. The van der Waals surface area contributed by atoms with E-state index in [1.54, 1.807) is 17.4 Å². The minimum Gasteiger partial charge on any atom is -0.373 e. The Bertz CT molecular complexity index is 814. The van der Waals surface area contributed by atoms with E-state index in [4.69, 9.17) is 23.2 Å². The van der Waals surface area contributed by atoms with E-state index >= 15 is 0 Å². The van der Waals surface area contributed by atoms with Crippen LogP contribution in [0.1, 0.15) is 11.8 Å². The van der Waals surface area contributed by atoms with Crippen LogP contribution in [0.25, 0.3) is 21.6 Å². The molecule has 0 radical (unpaired) electrons. The SMILES string of the molecule is CCc1ccc(-c2nc(NC)c3cc(Cl)cc(Cl)c3n2)s1. The number of nitrogens with zero attached hydrogens (tertiary/aromatic N) is 2. The molecule has 0 saturated carbocycles. The molecule has 2 aromatic heterocycles. The van der Waals surface area contributed by atoms with Crippen LogP contribution in [-0.4, -0.2) is 17.0 Å². The lowest BCUT2D eigenvalue weighted by Crippen LogP contribution is -1.98. The normalized spacial score (nSPS) is 11.0. The van der Waals surface area contributed by atoms with Crippen LogP contribution in [0.4, 0.5) is 5.82 Å². The zero-order valence-electron chi connectivity index (χ0n) is 11.6. The zero-order chi connectivity index (χ0) is 15.0. The van der Waals surface area contributed by atoms with Gasteiger partial charge in [0.05, 0.1) is 15.4 Å². The number of fused-ring (bicyclic) bond motifs is 1. The number of halogens is 2. The number of nitrogens with one attached hydrogen (secondary N) is 1. The fourth-order valence-corrected chi connectivity index (χ4v) is 3.56. The molecule has 0 atom stereocenters. The fourth-order valence-electron chi connectivity index (χ4n) is 2.15. The lowest BCUT2D eigenvalue weighted by Gasteiger charge is -2.09. The Labute approximate surface area is 137 Å². The summed E-state index contributed by atoms with van der Waals surface area (Å²) >= 11 is 14.1. The quantitative estimate of drug-likeness (QED) is 0.707. The lowest BCUT2D eigenvalue weighted by molar-refractivity contribution is 1.19. The van der Waals surface area contributed by atoms with Crippen molar-refractivity contribution in [2.24, 2.45) is 0 Å². The fraction of sp³-hybridized carbons (Fsp3) is 0.200. The summed E-state index contributed by atoms with van der Waals surface area (Å²) in [7, 11) is 1.83. The highest BCUT2D eigenvalue weighted by atomic mass is 35.5. The average molecular weight is 338 g/mol. The molecule has 108 valence electrons. The van der Waals surface area contributed by atoms with E-state index in [-0.39, 0.29) is 0 Å². The Morgan fingerprint density at radius 2 is 2.00 bits per heavy atom. The second kappa shape index (κ2) is 5.79. The first kappa shape index (κ1) is 14.6. The summed E-state index contributed by atoms with van der Waals surface area (Å²) in [6, 6.07) is 7.68. The zero-order valence-corrected chi connectivity index (χ0v) is 13.9. The van der Waals surface area contributed by atoms with Crippen molar-refractivity contribution in [2.75, 3.05) is 12.4 Å². The van der Waals surface area contributed by atoms with Crippen LogP contribution >= 0.6 is 34.5 Å². The highest BCUT2D eigenvalue weighted by Crippen LogP contribution is 2.34. The first-order chi connectivity index (χ1) is 10.1. The molecule has 0 aliphatic carbocycles. The largest absolute Gasteiger partial charge is 0.373 e. The van der Waals surface area contributed by atoms with Gasteiger partial charge in [-0.05, 0) is 30.7 Å². The third-order valence-electron chi connectivity index (χ3n) is 3.19. The molecule has 0 aliphatic rings. The van der Waals surface area contributed by atoms with Crippen LogP contribution in [0, 0.1) is 0 Å². The van der Waals surface area contributed by atoms with Gasteiger partial charge in [0.2, 0.25) is 0 Å².